The zero-order valence-corrected chi connectivity index (χ0v) is 13.3. The third-order valence-corrected chi connectivity index (χ3v) is 5.28. The van der Waals surface area contributed by atoms with Crippen molar-refractivity contribution in [2.24, 2.45) is 0 Å². The number of piperazine rings is 1. The number of nitrogens with zero attached hydrogens (tertiary/aromatic N) is 4. The van der Waals surface area contributed by atoms with Crippen molar-refractivity contribution < 1.29 is 9.59 Å². The zero-order chi connectivity index (χ0) is 16.0. The highest BCUT2D eigenvalue weighted by molar-refractivity contribution is 7.17. The van der Waals surface area contributed by atoms with Crippen molar-refractivity contribution in [1.82, 2.24) is 25.2 Å². The maximum Gasteiger partial charge on any atom is 0.266 e. The van der Waals surface area contributed by atoms with Gasteiger partial charge in [0, 0.05) is 25.0 Å². The molecule has 2 aromatic heterocycles. The van der Waals surface area contributed by atoms with Crippen molar-refractivity contribution >= 4 is 23.2 Å². The van der Waals surface area contributed by atoms with Crippen LogP contribution in [-0.4, -0.2) is 50.3 Å². The van der Waals surface area contributed by atoms with E-state index in [0.29, 0.717) is 35.1 Å². The number of rotatable bonds is 3. The van der Waals surface area contributed by atoms with Gasteiger partial charge in [0.25, 0.3) is 5.91 Å². The van der Waals surface area contributed by atoms with Gasteiger partial charge in [-0.15, -0.1) is 11.3 Å². The lowest BCUT2D eigenvalue weighted by Crippen LogP contribution is -2.50. The topological polar surface area (TPSA) is 88.1 Å². The molecule has 8 heteroatoms. The van der Waals surface area contributed by atoms with Gasteiger partial charge in [-0.1, -0.05) is 6.92 Å². The molecule has 0 unspecified atom stereocenters. The molecule has 4 rings (SSSR count). The molecule has 0 radical (unpaired) electrons. The Morgan fingerprint density at radius 3 is 2.87 bits per heavy atom. The number of fused-ring (bicyclic) bond motifs is 2. The number of aryl methyl sites for hydroxylation is 1. The Labute approximate surface area is 136 Å². The first-order chi connectivity index (χ1) is 11.2. The fourth-order valence-electron chi connectivity index (χ4n) is 3.10. The van der Waals surface area contributed by atoms with E-state index in [0.717, 1.165) is 5.69 Å². The summed E-state index contributed by atoms with van der Waals surface area (Å²) in [5.41, 5.74) is 0.741. The van der Waals surface area contributed by atoms with Gasteiger partial charge in [-0.05, 0) is 18.9 Å². The highest BCUT2D eigenvalue weighted by atomic mass is 32.1. The van der Waals surface area contributed by atoms with Crippen LogP contribution in [0.25, 0.3) is 10.8 Å². The third-order valence-electron chi connectivity index (χ3n) is 4.19. The molecule has 2 atom stereocenters. The third kappa shape index (κ3) is 2.29. The van der Waals surface area contributed by atoms with Crippen LogP contribution in [0.3, 0.4) is 0 Å². The predicted molar refractivity (Wildman–Crippen MR) is 83.9 cm³/mol. The van der Waals surface area contributed by atoms with Crippen molar-refractivity contribution in [3.05, 3.63) is 29.0 Å². The van der Waals surface area contributed by atoms with Crippen LogP contribution in [-0.2, 0) is 11.2 Å². The van der Waals surface area contributed by atoms with Crippen molar-refractivity contribution in [3.8, 4) is 10.8 Å². The van der Waals surface area contributed by atoms with E-state index in [1.807, 2.05) is 6.92 Å². The molecule has 2 bridgehead atoms. The molecule has 4 heterocycles. The van der Waals surface area contributed by atoms with Crippen molar-refractivity contribution in [1.29, 1.82) is 0 Å². The van der Waals surface area contributed by atoms with Crippen molar-refractivity contribution in [2.75, 3.05) is 6.54 Å². The molecule has 0 spiro atoms. The highest BCUT2D eigenvalue weighted by Gasteiger charge is 2.47. The minimum atomic E-state index is -0.337. The second kappa shape index (κ2) is 5.38. The second-order valence-electron chi connectivity index (χ2n) is 5.64. The first-order valence-electron chi connectivity index (χ1n) is 7.55. The summed E-state index contributed by atoms with van der Waals surface area (Å²) in [5.74, 6) is 0.361. The van der Waals surface area contributed by atoms with Gasteiger partial charge >= 0.3 is 0 Å². The van der Waals surface area contributed by atoms with Crippen molar-refractivity contribution in [2.45, 2.75) is 31.8 Å². The van der Waals surface area contributed by atoms with E-state index >= 15 is 0 Å². The molecule has 2 aliphatic heterocycles. The molecular weight excluding hydrogens is 314 g/mol. The molecule has 1 N–H and O–H groups in total. The summed E-state index contributed by atoms with van der Waals surface area (Å²) >= 11 is 1.30. The molecule has 2 saturated heterocycles. The number of aromatic nitrogens is 3. The standard InChI is InChI=1S/C15H15N5O2S/c1-2-9-11(23-14(19-9)12-16-4-3-5-17-12)15(22)20-7-8-6-10(20)13(21)18-8/h3-5,8,10H,2,6-7H2,1H3,(H,18,21)/t8-,10-/m0/s1. The molecule has 118 valence electrons. The highest BCUT2D eigenvalue weighted by Crippen LogP contribution is 2.31. The molecule has 2 fully saturated rings. The maximum absolute atomic E-state index is 12.9. The summed E-state index contributed by atoms with van der Waals surface area (Å²) < 4.78 is 0. The summed E-state index contributed by atoms with van der Waals surface area (Å²) in [7, 11) is 0. The van der Waals surface area contributed by atoms with Gasteiger partial charge in [0.2, 0.25) is 5.91 Å². The maximum atomic E-state index is 12.9. The van der Waals surface area contributed by atoms with Crippen LogP contribution >= 0.6 is 11.3 Å². The SMILES string of the molecule is CCc1nc(-c2ncccn2)sc1C(=O)N1C[C@@H]2C[C@H]1C(=O)N2. The number of carbonyl (C=O) groups is 2. The number of hydrogen-bond donors (Lipinski definition) is 1. The van der Waals surface area contributed by atoms with E-state index in [4.69, 9.17) is 0 Å². The van der Waals surface area contributed by atoms with Crippen molar-refractivity contribution in [3.63, 3.8) is 0 Å². The van der Waals surface area contributed by atoms with Crippen LogP contribution in [0.5, 0.6) is 0 Å². The van der Waals surface area contributed by atoms with Gasteiger partial charge < -0.3 is 10.2 Å². The lowest BCUT2D eigenvalue weighted by Gasteiger charge is -2.26. The van der Waals surface area contributed by atoms with Crippen LogP contribution in [0.1, 0.15) is 28.7 Å². The van der Waals surface area contributed by atoms with Gasteiger partial charge in [0.15, 0.2) is 10.8 Å². The Balaban J connectivity index is 1.67. The van der Waals surface area contributed by atoms with Gasteiger partial charge in [-0.3, -0.25) is 9.59 Å². The predicted octanol–water partition coefficient (Wildman–Crippen LogP) is 0.875. The Hall–Kier alpha value is -2.35. The van der Waals surface area contributed by atoms with Crippen LogP contribution in [0.4, 0.5) is 0 Å². The number of carbonyl (C=O) groups excluding carboxylic acids is 2. The average molecular weight is 329 g/mol. The quantitative estimate of drug-likeness (QED) is 0.903. The Kier molecular flexibility index (Phi) is 3.33. The van der Waals surface area contributed by atoms with Gasteiger partial charge in [0.05, 0.1) is 5.69 Å². The molecule has 0 aliphatic carbocycles. The molecule has 2 aliphatic rings. The normalized spacial score (nSPS) is 22.5. The summed E-state index contributed by atoms with van der Waals surface area (Å²) in [6.07, 6.45) is 4.67. The molecule has 7 nitrogen and oxygen atoms in total. The second-order valence-corrected chi connectivity index (χ2v) is 6.63. The summed E-state index contributed by atoms with van der Waals surface area (Å²) in [5, 5.41) is 3.52. The molecule has 2 aromatic rings. The minimum absolute atomic E-state index is 0.0521. The monoisotopic (exact) mass is 329 g/mol. The van der Waals surface area contributed by atoms with E-state index in [1.165, 1.54) is 11.3 Å². The largest absolute Gasteiger partial charge is 0.350 e. The number of likely N-dealkylation sites (tertiary alicyclic amines) is 1. The summed E-state index contributed by atoms with van der Waals surface area (Å²) in [6, 6.07) is 1.49. The Bertz CT molecular complexity index is 775. The fourth-order valence-corrected chi connectivity index (χ4v) is 4.16. The molecule has 23 heavy (non-hydrogen) atoms. The van der Waals surface area contributed by atoms with Gasteiger partial charge in [0.1, 0.15) is 10.9 Å². The fraction of sp³-hybridized carbons (Fsp3) is 0.400. The number of hydrogen-bond acceptors (Lipinski definition) is 6. The summed E-state index contributed by atoms with van der Waals surface area (Å²) in [6.45, 7) is 2.54. The van der Waals surface area contributed by atoms with E-state index in [1.54, 1.807) is 23.4 Å². The smallest absolute Gasteiger partial charge is 0.266 e. The first kappa shape index (κ1) is 14.3. The average Bonchev–Trinajstić information content (AvgIpc) is 3.27. The zero-order valence-electron chi connectivity index (χ0n) is 12.5. The molecule has 0 aromatic carbocycles. The van der Waals surface area contributed by atoms with Gasteiger partial charge in [-0.2, -0.15) is 0 Å². The number of thiazole rings is 1. The molecular formula is C15H15N5O2S. The van der Waals surface area contributed by atoms with E-state index in [-0.39, 0.29) is 23.9 Å². The van der Waals surface area contributed by atoms with Crippen LogP contribution in [0, 0.1) is 0 Å². The van der Waals surface area contributed by atoms with E-state index in [2.05, 4.69) is 20.3 Å². The lowest BCUT2D eigenvalue weighted by atomic mass is 10.2. The first-order valence-corrected chi connectivity index (χ1v) is 8.37. The number of amides is 2. The minimum Gasteiger partial charge on any atom is -0.350 e. The Morgan fingerprint density at radius 1 is 1.43 bits per heavy atom. The van der Waals surface area contributed by atoms with Gasteiger partial charge in [-0.25, -0.2) is 15.0 Å². The van der Waals surface area contributed by atoms with Crippen LogP contribution < -0.4 is 5.32 Å². The summed E-state index contributed by atoms with van der Waals surface area (Å²) in [4.78, 5) is 39.9. The van der Waals surface area contributed by atoms with Crippen LogP contribution in [0.2, 0.25) is 0 Å². The number of nitrogens with one attached hydrogen (secondary N) is 1. The van der Waals surface area contributed by atoms with E-state index < -0.39 is 0 Å². The van der Waals surface area contributed by atoms with Crippen LogP contribution in [0.15, 0.2) is 18.5 Å². The molecule has 2 amide bonds. The van der Waals surface area contributed by atoms with E-state index in [9.17, 15) is 9.59 Å². The lowest BCUT2D eigenvalue weighted by molar-refractivity contribution is -0.124. The Morgan fingerprint density at radius 2 is 2.22 bits per heavy atom. The molecule has 0 saturated carbocycles.